The summed E-state index contributed by atoms with van der Waals surface area (Å²) in [7, 11) is -4.11. The minimum absolute atomic E-state index is 0. The average molecular weight is 542 g/mol. The molecule has 0 aromatic heterocycles. The fourth-order valence-electron chi connectivity index (χ4n) is 3.43. The van der Waals surface area contributed by atoms with Crippen LogP contribution in [0.2, 0.25) is 0 Å². The smallest absolute Gasteiger partial charge is 0.545 e. The van der Waals surface area contributed by atoms with Crippen molar-refractivity contribution in [3.8, 4) is 5.75 Å². The van der Waals surface area contributed by atoms with Crippen LogP contribution in [0.1, 0.15) is 30.5 Å². The van der Waals surface area contributed by atoms with E-state index in [-0.39, 0.29) is 52.5 Å². The molecular formula is C26H23F3NNaO5S. The van der Waals surface area contributed by atoms with Crippen molar-refractivity contribution in [1.82, 2.24) is 0 Å². The normalized spacial score (nSPS) is 11.8. The Labute approximate surface area is 235 Å². The summed E-state index contributed by atoms with van der Waals surface area (Å²) >= 11 is 0. The van der Waals surface area contributed by atoms with Crippen molar-refractivity contribution in [3.63, 3.8) is 0 Å². The zero-order chi connectivity index (χ0) is 26.5. The van der Waals surface area contributed by atoms with Gasteiger partial charge in [-0.1, -0.05) is 48.5 Å². The van der Waals surface area contributed by atoms with Gasteiger partial charge in [0, 0.05) is 6.04 Å². The number of aliphatic carboxylic acids is 1. The van der Waals surface area contributed by atoms with Gasteiger partial charge in [-0.2, -0.15) is 13.2 Å². The molecule has 0 aliphatic heterocycles. The van der Waals surface area contributed by atoms with Crippen LogP contribution in [-0.2, 0) is 27.6 Å². The molecule has 0 saturated carbocycles. The van der Waals surface area contributed by atoms with Crippen LogP contribution in [-0.4, -0.2) is 20.4 Å². The second kappa shape index (κ2) is 12.6. The Bertz CT molecular complexity index is 1340. The molecule has 0 heterocycles. The number of benzene rings is 3. The molecule has 3 aromatic carbocycles. The Hall–Kier alpha value is -2.79. The van der Waals surface area contributed by atoms with Gasteiger partial charge in [0.15, 0.2) is 0 Å². The van der Waals surface area contributed by atoms with E-state index >= 15 is 0 Å². The Kier molecular flexibility index (Phi) is 10.4. The maximum absolute atomic E-state index is 13.5. The fraction of sp³-hybridized carbons (Fsp3) is 0.192. The van der Waals surface area contributed by atoms with E-state index in [9.17, 15) is 31.5 Å². The third kappa shape index (κ3) is 7.85. The van der Waals surface area contributed by atoms with Crippen LogP contribution in [0.5, 0.6) is 5.75 Å². The maximum Gasteiger partial charge on any atom is 1.00 e. The number of hydrogen-bond donors (Lipinski definition) is 0. The number of ether oxygens (including phenoxy) is 1. The summed E-state index contributed by atoms with van der Waals surface area (Å²) in [5.41, 5.74) is 0.133. The van der Waals surface area contributed by atoms with E-state index in [1.165, 1.54) is 18.2 Å². The van der Waals surface area contributed by atoms with Gasteiger partial charge in [-0.3, -0.25) is 4.31 Å². The molecular weight excluding hydrogens is 518 g/mol. The van der Waals surface area contributed by atoms with E-state index in [0.29, 0.717) is 11.1 Å². The summed E-state index contributed by atoms with van der Waals surface area (Å²) in [6, 6.07) is 16.1. The van der Waals surface area contributed by atoms with E-state index in [1.807, 2.05) is 0 Å². The number of halogens is 3. The van der Waals surface area contributed by atoms with Gasteiger partial charge in [0.05, 0.1) is 22.1 Å². The maximum atomic E-state index is 13.5. The standard InChI is InChI=1S/C26H24F3NO5S.Na/c1-18(2)30(36(33,34)22-6-4-3-5-7-22)23-14-13-21(26(27,28)29)16-24(23)35-17-20-10-8-19(9-11-20)12-15-25(31)32;/h3-16,18H,17H2,1-2H3,(H,31,32);/q;+1/p-1. The van der Waals surface area contributed by atoms with Gasteiger partial charge in [-0.15, -0.1) is 0 Å². The van der Waals surface area contributed by atoms with Crippen molar-refractivity contribution in [2.45, 2.75) is 37.6 Å². The number of rotatable bonds is 9. The quantitative estimate of drug-likeness (QED) is 0.304. The first-order chi connectivity index (χ1) is 16.9. The summed E-state index contributed by atoms with van der Waals surface area (Å²) in [6.45, 7) is 3.07. The Morgan fingerprint density at radius 1 is 1.03 bits per heavy atom. The Morgan fingerprint density at radius 3 is 2.19 bits per heavy atom. The minimum atomic E-state index is -4.66. The second-order valence-corrected chi connectivity index (χ2v) is 9.89. The third-order valence-corrected chi connectivity index (χ3v) is 7.08. The van der Waals surface area contributed by atoms with Crippen LogP contribution in [0.4, 0.5) is 18.9 Å². The van der Waals surface area contributed by atoms with Gasteiger partial charge in [0.25, 0.3) is 10.0 Å². The summed E-state index contributed by atoms with van der Waals surface area (Å²) in [4.78, 5) is 10.5. The van der Waals surface area contributed by atoms with Crippen molar-refractivity contribution < 1.29 is 65.8 Å². The van der Waals surface area contributed by atoms with Gasteiger partial charge in [-0.25, -0.2) is 8.42 Å². The zero-order valence-electron chi connectivity index (χ0n) is 20.4. The number of alkyl halides is 3. The van der Waals surface area contributed by atoms with Crippen molar-refractivity contribution >= 4 is 27.8 Å². The number of carbonyl (C=O) groups excluding carboxylic acids is 1. The van der Waals surface area contributed by atoms with Crippen molar-refractivity contribution in [1.29, 1.82) is 0 Å². The topological polar surface area (TPSA) is 86.7 Å². The molecule has 0 radical (unpaired) electrons. The van der Waals surface area contributed by atoms with Crippen LogP contribution < -0.4 is 43.7 Å². The average Bonchev–Trinajstić information content (AvgIpc) is 2.82. The number of hydrogen-bond acceptors (Lipinski definition) is 5. The molecule has 3 rings (SSSR count). The number of nitrogens with zero attached hydrogens (tertiary/aromatic N) is 1. The summed E-state index contributed by atoms with van der Waals surface area (Å²) in [6.07, 6.45) is -2.46. The van der Waals surface area contributed by atoms with E-state index in [1.54, 1.807) is 56.3 Å². The first kappa shape index (κ1) is 30.4. The molecule has 0 fully saturated rings. The van der Waals surface area contributed by atoms with E-state index < -0.39 is 33.8 Å². The SMILES string of the molecule is CC(C)N(c1ccc(C(F)(F)F)cc1OCc1ccc(C=CC(=O)[O-])cc1)S(=O)(=O)c1ccccc1.[Na+]. The number of carboxylic acid groups (broad SMARTS) is 1. The van der Waals surface area contributed by atoms with Crippen LogP contribution in [0, 0.1) is 0 Å². The van der Waals surface area contributed by atoms with Crippen LogP contribution in [0.3, 0.4) is 0 Å². The summed E-state index contributed by atoms with van der Waals surface area (Å²) in [5.74, 6) is -1.60. The third-order valence-electron chi connectivity index (χ3n) is 5.08. The number of sulfonamides is 1. The van der Waals surface area contributed by atoms with Crippen molar-refractivity contribution in [2.24, 2.45) is 0 Å². The molecule has 3 aromatic rings. The van der Waals surface area contributed by atoms with Gasteiger partial charge in [0.1, 0.15) is 12.4 Å². The van der Waals surface area contributed by atoms with Crippen molar-refractivity contribution in [3.05, 3.63) is 95.6 Å². The molecule has 37 heavy (non-hydrogen) atoms. The molecule has 190 valence electrons. The molecule has 0 saturated heterocycles. The first-order valence-corrected chi connectivity index (χ1v) is 12.2. The predicted octanol–water partition coefficient (Wildman–Crippen LogP) is 1.66. The monoisotopic (exact) mass is 541 g/mol. The fourth-order valence-corrected chi connectivity index (χ4v) is 5.12. The molecule has 0 atom stereocenters. The first-order valence-electron chi connectivity index (χ1n) is 10.8. The summed E-state index contributed by atoms with van der Waals surface area (Å²) in [5, 5.41) is 10.5. The number of carboxylic acids is 1. The van der Waals surface area contributed by atoms with Crippen molar-refractivity contribution in [2.75, 3.05) is 4.31 Å². The molecule has 0 bridgehead atoms. The summed E-state index contributed by atoms with van der Waals surface area (Å²) < 4.78 is 74.0. The Morgan fingerprint density at radius 2 is 1.65 bits per heavy atom. The van der Waals surface area contributed by atoms with Crippen LogP contribution in [0.25, 0.3) is 6.08 Å². The molecule has 0 N–H and O–H groups in total. The van der Waals surface area contributed by atoms with Crippen LogP contribution in [0.15, 0.2) is 83.8 Å². The Balaban J connectivity index is 0.00000481. The van der Waals surface area contributed by atoms with E-state index in [0.717, 1.165) is 28.6 Å². The van der Waals surface area contributed by atoms with Gasteiger partial charge in [0.2, 0.25) is 0 Å². The van der Waals surface area contributed by atoms with E-state index in [4.69, 9.17) is 4.74 Å². The van der Waals surface area contributed by atoms with E-state index in [2.05, 4.69) is 0 Å². The molecule has 0 aliphatic rings. The number of anilines is 1. The van der Waals surface area contributed by atoms with Gasteiger partial charge < -0.3 is 14.6 Å². The molecule has 0 aliphatic carbocycles. The number of carbonyl (C=O) groups is 1. The van der Waals surface area contributed by atoms with Gasteiger partial charge in [-0.05, 0) is 61.4 Å². The molecule has 0 unspecified atom stereocenters. The second-order valence-electron chi connectivity index (χ2n) is 8.07. The minimum Gasteiger partial charge on any atom is -0.545 e. The largest absolute Gasteiger partial charge is 1.00 e. The zero-order valence-corrected chi connectivity index (χ0v) is 23.2. The molecule has 11 heteroatoms. The van der Waals surface area contributed by atoms with Crippen LogP contribution >= 0.6 is 0 Å². The van der Waals surface area contributed by atoms with Gasteiger partial charge >= 0.3 is 35.7 Å². The molecule has 0 spiro atoms. The molecule has 6 nitrogen and oxygen atoms in total. The predicted molar refractivity (Wildman–Crippen MR) is 128 cm³/mol. The molecule has 0 amide bonds.